The summed E-state index contributed by atoms with van der Waals surface area (Å²) in [6.07, 6.45) is 0.982. The number of hydrogen-bond acceptors (Lipinski definition) is 3. The van der Waals surface area contributed by atoms with Crippen LogP contribution in [0.3, 0.4) is 0 Å². The van der Waals surface area contributed by atoms with Crippen molar-refractivity contribution in [1.29, 1.82) is 0 Å². The Morgan fingerprint density at radius 2 is 2.67 bits per heavy atom. The second-order valence-corrected chi connectivity index (χ2v) is 1.37. The normalized spacial score (nSPS) is 30.3. The van der Waals surface area contributed by atoms with Crippen LogP contribution in [0.5, 0.6) is 0 Å². The molecule has 0 bridgehead atoms. The number of rotatable bonds is 0. The fourth-order valence-corrected chi connectivity index (χ4v) is 0.364. The molecule has 34 valence electrons. The molecule has 0 amide bonds. The average Bonchev–Trinajstić information content (AvgIpc) is 1.86. The first kappa shape index (κ1) is 3.76. The highest BCUT2D eigenvalue weighted by Crippen LogP contribution is 1.92. The zero-order valence-corrected chi connectivity index (χ0v) is 3.47. The first-order chi connectivity index (χ1) is 2.89. The Morgan fingerprint density at radius 1 is 1.83 bits per heavy atom. The lowest BCUT2D eigenvalue weighted by atomic mass is 11.6. The molecule has 1 unspecified atom stereocenters. The Kier molecular flexibility index (Phi) is 0.849. The molecular formula is CHNO3S. The maximum atomic E-state index is 9.81. The van der Waals surface area contributed by atoms with Crippen LogP contribution in [0.2, 0.25) is 0 Å². The van der Waals surface area contributed by atoms with Crippen molar-refractivity contribution in [3.8, 4) is 0 Å². The zero-order valence-electron chi connectivity index (χ0n) is 2.66. The van der Waals surface area contributed by atoms with E-state index in [-0.39, 0.29) is 0 Å². The predicted octanol–water partition coefficient (Wildman–Crippen LogP) is -0.445. The number of hydrogen-bond donors (Lipinski definition) is 0. The molecule has 0 saturated carbocycles. The van der Waals surface area contributed by atoms with Crippen molar-refractivity contribution in [2.24, 2.45) is 4.40 Å². The third kappa shape index (κ3) is 0.550. The summed E-state index contributed by atoms with van der Waals surface area (Å²) in [4.78, 5) is 3.96. The van der Waals surface area contributed by atoms with Crippen molar-refractivity contribution in [3.05, 3.63) is 0 Å². The van der Waals surface area contributed by atoms with Gasteiger partial charge < -0.3 is 4.89 Å². The fraction of sp³-hybridized carbons (Fsp3) is 0. The van der Waals surface area contributed by atoms with Gasteiger partial charge in [-0.3, -0.25) is 0 Å². The van der Waals surface area contributed by atoms with Gasteiger partial charge >= 0.3 is 11.3 Å². The molecule has 0 N–H and O–H groups in total. The van der Waals surface area contributed by atoms with E-state index >= 15 is 0 Å². The number of nitrogens with zero attached hydrogens (tertiary/aromatic N) is 1. The topological polar surface area (TPSA) is 47.9 Å². The highest BCUT2D eigenvalue weighted by Gasteiger charge is 2.00. The van der Waals surface area contributed by atoms with E-state index in [2.05, 4.69) is 13.6 Å². The average molecular weight is 107 g/mol. The summed E-state index contributed by atoms with van der Waals surface area (Å²) in [6.45, 7) is 0. The summed E-state index contributed by atoms with van der Waals surface area (Å²) in [6, 6.07) is 0. The van der Waals surface area contributed by atoms with Crippen LogP contribution in [0, 0.1) is 0 Å². The lowest BCUT2D eigenvalue weighted by molar-refractivity contribution is -0.0859. The Morgan fingerprint density at radius 3 is 2.83 bits per heavy atom. The first-order valence-corrected chi connectivity index (χ1v) is 2.21. The van der Waals surface area contributed by atoms with Gasteiger partial charge in [-0.25, -0.2) is 0 Å². The van der Waals surface area contributed by atoms with Gasteiger partial charge in [-0.15, -0.1) is 4.40 Å². The molecule has 0 radical (unpaired) electrons. The molecule has 6 heavy (non-hydrogen) atoms. The van der Waals surface area contributed by atoms with E-state index < -0.39 is 11.3 Å². The van der Waals surface area contributed by atoms with Crippen LogP contribution >= 0.6 is 0 Å². The minimum atomic E-state index is -1.58. The molecule has 0 aromatic rings. The molecular weight excluding hydrogens is 106 g/mol. The molecule has 5 heteroatoms. The molecule has 0 fully saturated rings. The van der Waals surface area contributed by atoms with E-state index in [1.165, 1.54) is 0 Å². The summed E-state index contributed by atoms with van der Waals surface area (Å²) >= 11 is -1.58. The highest BCUT2D eigenvalue weighted by atomic mass is 32.2. The molecule has 1 atom stereocenters. The molecule has 4 nitrogen and oxygen atoms in total. The van der Waals surface area contributed by atoms with E-state index in [0.29, 0.717) is 0 Å². The van der Waals surface area contributed by atoms with Crippen molar-refractivity contribution in [1.82, 2.24) is 0 Å². The van der Waals surface area contributed by atoms with E-state index in [1.807, 2.05) is 0 Å². The van der Waals surface area contributed by atoms with Gasteiger partial charge in [-0.05, 0) is 0 Å². The highest BCUT2D eigenvalue weighted by molar-refractivity contribution is 7.79. The van der Waals surface area contributed by atoms with Gasteiger partial charge in [-0.2, -0.15) is 4.21 Å². The van der Waals surface area contributed by atoms with Gasteiger partial charge in [0.25, 0.3) is 0 Å². The Hall–Kier alpha value is -0.420. The Balaban J connectivity index is 2.59. The van der Waals surface area contributed by atoms with Gasteiger partial charge in [-0.1, -0.05) is 4.33 Å². The van der Waals surface area contributed by atoms with Crippen LogP contribution in [-0.4, -0.2) is 10.6 Å². The first-order valence-electron chi connectivity index (χ1n) is 1.18. The molecule has 1 aliphatic rings. The van der Waals surface area contributed by atoms with Gasteiger partial charge in [0.1, 0.15) is 0 Å². The van der Waals surface area contributed by atoms with E-state index in [1.54, 1.807) is 0 Å². The van der Waals surface area contributed by atoms with Crippen LogP contribution in [0.25, 0.3) is 0 Å². The van der Waals surface area contributed by atoms with Crippen molar-refractivity contribution >= 4 is 17.7 Å². The van der Waals surface area contributed by atoms with Crippen LogP contribution < -0.4 is 0 Å². The maximum absolute atomic E-state index is 9.81. The summed E-state index contributed by atoms with van der Waals surface area (Å²) in [7, 11) is 0. The van der Waals surface area contributed by atoms with Crippen LogP contribution in [0.1, 0.15) is 0 Å². The van der Waals surface area contributed by atoms with Crippen molar-refractivity contribution in [2.45, 2.75) is 0 Å². The molecule has 0 aliphatic carbocycles. The summed E-state index contributed by atoms with van der Waals surface area (Å²) in [5.41, 5.74) is 0. The minimum absolute atomic E-state index is 0.982. The molecule has 1 heterocycles. The lowest BCUT2D eigenvalue weighted by Crippen LogP contribution is -1.79. The lowest BCUT2D eigenvalue weighted by Gasteiger charge is -1.75. The summed E-state index contributed by atoms with van der Waals surface area (Å²) in [5.74, 6) is 0. The second-order valence-electron chi connectivity index (χ2n) is 0.592. The van der Waals surface area contributed by atoms with Crippen molar-refractivity contribution < 1.29 is 13.4 Å². The molecule has 1 rings (SSSR count). The van der Waals surface area contributed by atoms with Crippen LogP contribution in [0.4, 0.5) is 0 Å². The predicted molar refractivity (Wildman–Crippen MR) is 18.8 cm³/mol. The van der Waals surface area contributed by atoms with Crippen molar-refractivity contribution in [2.75, 3.05) is 0 Å². The van der Waals surface area contributed by atoms with Gasteiger partial charge in [0, 0.05) is 0 Å². The third-order valence-electron chi connectivity index (χ3n) is 0.270. The fourth-order valence-electron chi connectivity index (χ4n) is 0.121. The van der Waals surface area contributed by atoms with Gasteiger partial charge in [0.2, 0.25) is 6.40 Å². The molecule has 0 aromatic heterocycles. The van der Waals surface area contributed by atoms with E-state index in [0.717, 1.165) is 6.40 Å². The zero-order chi connectivity index (χ0) is 4.41. The second kappa shape index (κ2) is 1.36. The van der Waals surface area contributed by atoms with Crippen LogP contribution in [-0.2, 0) is 20.5 Å². The minimum Gasteiger partial charge on any atom is -0.308 e. The smallest absolute Gasteiger partial charge is 0.308 e. The molecule has 0 saturated heterocycles. The largest absolute Gasteiger partial charge is 0.327 e. The Bertz CT molecular complexity index is 99.0. The van der Waals surface area contributed by atoms with E-state index in [9.17, 15) is 4.21 Å². The SMILES string of the molecule is O=S1N=COO1. The van der Waals surface area contributed by atoms with Crippen molar-refractivity contribution in [3.63, 3.8) is 0 Å². The van der Waals surface area contributed by atoms with Crippen LogP contribution in [0.15, 0.2) is 4.40 Å². The molecule has 0 aromatic carbocycles. The monoisotopic (exact) mass is 107 g/mol. The quantitative estimate of drug-likeness (QED) is 0.394. The standard InChI is InChI=1S/CHNO3S/c3-6-2-1-4-5-6/h1H. The Labute approximate surface area is 36.5 Å². The van der Waals surface area contributed by atoms with E-state index in [4.69, 9.17) is 0 Å². The maximum Gasteiger partial charge on any atom is 0.327 e. The molecule has 0 spiro atoms. The van der Waals surface area contributed by atoms with Gasteiger partial charge in [0.05, 0.1) is 0 Å². The third-order valence-corrected chi connectivity index (χ3v) is 0.723. The molecule has 1 aliphatic heterocycles. The summed E-state index contributed by atoms with van der Waals surface area (Å²) in [5, 5.41) is 0. The van der Waals surface area contributed by atoms with Gasteiger partial charge in [0.15, 0.2) is 0 Å². The summed E-state index contributed by atoms with van der Waals surface area (Å²) < 4.78 is 16.9.